The summed E-state index contributed by atoms with van der Waals surface area (Å²) in [4.78, 5) is 0. The van der Waals surface area contributed by atoms with Crippen LogP contribution in [0.1, 0.15) is 11.1 Å². The summed E-state index contributed by atoms with van der Waals surface area (Å²) < 4.78 is 0.233. The molecule has 0 aliphatic carbocycles. The summed E-state index contributed by atoms with van der Waals surface area (Å²) in [6.45, 7) is 1.45. The minimum atomic E-state index is 0.233. The van der Waals surface area contributed by atoms with Gasteiger partial charge in [-0.1, -0.05) is 72.8 Å². The standard InChI is InChI=1S/C23H20N2/c1-25(24)14-18-12-10-16-6-2-4-8-20(16)22(18)23-19(15-25)13-11-17-7-3-5-9-21(17)23/h2-13,24H,14-15H2,1H3. The fraction of sp³-hybridized carbons (Fsp3) is 0.130. The summed E-state index contributed by atoms with van der Waals surface area (Å²) in [5.74, 6) is 8.78. The second-order valence-corrected chi connectivity index (χ2v) is 7.35. The molecule has 4 aromatic carbocycles. The molecule has 25 heavy (non-hydrogen) atoms. The molecule has 2 heteroatoms. The van der Waals surface area contributed by atoms with E-state index in [9.17, 15) is 0 Å². The molecule has 0 aromatic heterocycles. The number of fused-ring (bicyclic) bond motifs is 7. The first-order chi connectivity index (χ1) is 12.1. The molecular weight excluding hydrogens is 304 g/mol. The maximum atomic E-state index is 8.78. The van der Waals surface area contributed by atoms with E-state index in [-0.39, 0.29) is 4.59 Å². The Morgan fingerprint density at radius 1 is 0.640 bits per heavy atom. The quantitative estimate of drug-likeness (QED) is 0.350. The normalized spacial score (nSPS) is 15.6. The van der Waals surface area contributed by atoms with Crippen LogP contribution in [0.15, 0.2) is 72.8 Å². The van der Waals surface area contributed by atoms with Crippen LogP contribution in [-0.2, 0) is 13.1 Å². The first-order valence-corrected chi connectivity index (χ1v) is 8.74. The SMILES string of the molecule is C[N+]1([NH-])Cc2ccc3ccccc3c2-c2c(ccc3ccccc23)C1. The van der Waals surface area contributed by atoms with Gasteiger partial charge in [-0.3, -0.25) is 0 Å². The van der Waals surface area contributed by atoms with Gasteiger partial charge in [-0.25, -0.2) is 0 Å². The molecule has 0 bridgehead atoms. The predicted molar refractivity (Wildman–Crippen MR) is 105 cm³/mol. The van der Waals surface area contributed by atoms with Gasteiger partial charge in [0.15, 0.2) is 0 Å². The molecule has 0 saturated heterocycles. The fourth-order valence-corrected chi connectivity index (χ4v) is 4.30. The number of hydrogen-bond donors (Lipinski definition) is 0. The first-order valence-electron chi connectivity index (χ1n) is 8.74. The van der Waals surface area contributed by atoms with Crippen LogP contribution in [-0.4, -0.2) is 11.6 Å². The van der Waals surface area contributed by atoms with Crippen molar-refractivity contribution in [2.24, 2.45) is 0 Å². The van der Waals surface area contributed by atoms with E-state index >= 15 is 0 Å². The topological polar surface area (TPSA) is 23.8 Å². The van der Waals surface area contributed by atoms with Gasteiger partial charge in [0.05, 0.1) is 20.1 Å². The highest BCUT2D eigenvalue weighted by molar-refractivity contribution is 6.07. The van der Waals surface area contributed by atoms with E-state index in [1.54, 1.807) is 0 Å². The Labute approximate surface area is 147 Å². The largest absolute Gasteiger partial charge is 0.467 e. The third kappa shape index (κ3) is 2.26. The Kier molecular flexibility index (Phi) is 3.02. The van der Waals surface area contributed by atoms with Gasteiger partial charge in [-0.2, -0.15) is 0 Å². The highest BCUT2D eigenvalue weighted by atomic mass is 15.6. The molecule has 122 valence electrons. The molecule has 1 aliphatic heterocycles. The number of benzene rings is 4. The zero-order valence-electron chi connectivity index (χ0n) is 14.3. The molecule has 0 spiro atoms. The van der Waals surface area contributed by atoms with Gasteiger partial charge in [0.2, 0.25) is 0 Å². The van der Waals surface area contributed by atoms with Crippen LogP contribution >= 0.6 is 0 Å². The van der Waals surface area contributed by atoms with Crippen molar-refractivity contribution in [2.75, 3.05) is 7.05 Å². The van der Waals surface area contributed by atoms with Gasteiger partial charge in [0.25, 0.3) is 0 Å². The van der Waals surface area contributed by atoms with Crippen molar-refractivity contribution in [3.05, 3.63) is 89.8 Å². The van der Waals surface area contributed by atoms with Crippen molar-refractivity contribution in [1.82, 2.24) is 0 Å². The molecule has 0 amide bonds. The number of quaternary nitrogens is 1. The molecule has 0 radical (unpaired) electrons. The number of rotatable bonds is 0. The van der Waals surface area contributed by atoms with Gasteiger partial charge in [-0.05, 0) is 32.7 Å². The second-order valence-electron chi connectivity index (χ2n) is 7.35. The lowest BCUT2D eigenvalue weighted by Gasteiger charge is -2.37. The lowest BCUT2D eigenvalue weighted by molar-refractivity contribution is -0.887. The molecule has 0 fully saturated rings. The van der Waals surface area contributed by atoms with Crippen LogP contribution in [0.5, 0.6) is 0 Å². The highest BCUT2D eigenvalue weighted by Crippen LogP contribution is 2.43. The molecule has 0 saturated carbocycles. The maximum Gasteiger partial charge on any atom is 0.0961 e. The Hall–Kier alpha value is -2.68. The smallest absolute Gasteiger partial charge is 0.0961 e. The van der Waals surface area contributed by atoms with Crippen LogP contribution in [0.2, 0.25) is 0 Å². The predicted octanol–water partition coefficient (Wildman–Crippen LogP) is 6.09. The van der Waals surface area contributed by atoms with E-state index in [2.05, 4.69) is 72.8 Å². The molecule has 1 aliphatic rings. The van der Waals surface area contributed by atoms with E-state index in [0.29, 0.717) is 0 Å². The molecule has 0 unspecified atom stereocenters. The summed E-state index contributed by atoms with van der Waals surface area (Å²) in [6, 6.07) is 26.1. The van der Waals surface area contributed by atoms with Crippen molar-refractivity contribution in [2.45, 2.75) is 13.1 Å². The second kappa shape index (κ2) is 5.16. The van der Waals surface area contributed by atoms with Crippen molar-refractivity contribution >= 4 is 21.5 Å². The van der Waals surface area contributed by atoms with Crippen molar-refractivity contribution in [3.8, 4) is 11.1 Å². The Morgan fingerprint density at radius 3 is 1.56 bits per heavy atom. The van der Waals surface area contributed by atoms with Crippen LogP contribution in [0.25, 0.3) is 38.5 Å². The zero-order valence-corrected chi connectivity index (χ0v) is 14.3. The molecule has 2 nitrogen and oxygen atoms in total. The van der Waals surface area contributed by atoms with Crippen molar-refractivity contribution in [3.63, 3.8) is 0 Å². The monoisotopic (exact) mass is 324 g/mol. The van der Waals surface area contributed by atoms with Gasteiger partial charge in [-0.15, -0.1) is 0 Å². The average molecular weight is 324 g/mol. The zero-order chi connectivity index (χ0) is 17.0. The van der Waals surface area contributed by atoms with Crippen LogP contribution < -0.4 is 0 Å². The van der Waals surface area contributed by atoms with Crippen LogP contribution in [0.4, 0.5) is 0 Å². The minimum absolute atomic E-state index is 0.233. The van der Waals surface area contributed by atoms with E-state index in [4.69, 9.17) is 5.84 Å². The minimum Gasteiger partial charge on any atom is -0.467 e. The molecule has 5 rings (SSSR count). The van der Waals surface area contributed by atoms with Gasteiger partial charge >= 0.3 is 0 Å². The van der Waals surface area contributed by atoms with E-state index < -0.39 is 0 Å². The Morgan fingerprint density at radius 2 is 1.08 bits per heavy atom. The van der Waals surface area contributed by atoms with Crippen molar-refractivity contribution in [1.29, 1.82) is 0 Å². The van der Waals surface area contributed by atoms with Crippen LogP contribution in [0, 0.1) is 0 Å². The molecule has 0 atom stereocenters. The fourth-order valence-electron chi connectivity index (χ4n) is 4.30. The molecule has 1 heterocycles. The third-order valence-corrected chi connectivity index (χ3v) is 5.32. The Balaban J connectivity index is 2.00. The number of nitrogens with zero attached hydrogens (tertiary/aromatic N) is 1. The maximum absolute atomic E-state index is 8.78. The molecular formula is C23H20N2. The van der Waals surface area contributed by atoms with Crippen molar-refractivity contribution < 1.29 is 4.59 Å². The van der Waals surface area contributed by atoms with Gasteiger partial charge in [0.1, 0.15) is 0 Å². The van der Waals surface area contributed by atoms with Gasteiger partial charge < -0.3 is 10.4 Å². The van der Waals surface area contributed by atoms with E-state index in [1.807, 2.05) is 7.05 Å². The van der Waals surface area contributed by atoms with E-state index in [1.165, 1.54) is 43.8 Å². The first kappa shape index (κ1) is 14.6. The Bertz CT molecular complexity index is 1040. The highest BCUT2D eigenvalue weighted by Gasteiger charge is 2.26. The summed E-state index contributed by atoms with van der Waals surface area (Å²) in [6.07, 6.45) is 0. The summed E-state index contributed by atoms with van der Waals surface area (Å²) >= 11 is 0. The molecule has 4 aromatic rings. The van der Waals surface area contributed by atoms with Gasteiger partial charge in [0, 0.05) is 11.1 Å². The lowest BCUT2D eigenvalue weighted by Crippen LogP contribution is -2.33. The number of nitrogens with one attached hydrogen (secondary N) is 1. The summed E-state index contributed by atoms with van der Waals surface area (Å²) in [7, 11) is 2.00. The van der Waals surface area contributed by atoms with E-state index in [0.717, 1.165) is 13.1 Å². The summed E-state index contributed by atoms with van der Waals surface area (Å²) in [5, 5.41) is 5.11. The molecule has 1 N–H and O–H groups in total. The average Bonchev–Trinajstić information content (AvgIpc) is 2.73. The summed E-state index contributed by atoms with van der Waals surface area (Å²) in [5.41, 5.74) is 5.18. The third-order valence-electron chi connectivity index (χ3n) is 5.32. The van der Waals surface area contributed by atoms with Crippen LogP contribution in [0.3, 0.4) is 0 Å². The lowest BCUT2D eigenvalue weighted by atomic mass is 9.88. The number of hydrogen-bond acceptors (Lipinski definition) is 0.